The van der Waals surface area contributed by atoms with Gasteiger partial charge in [-0.3, -0.25) is 14.6 Å². The number of pyridine rings is 1. The zero-order valence-electron chi connectivity index (χ0n) is 10.5. The molecule has 0 saturated carbocycles. The first-order valence-electron chi connectivity index (χ1n) is 5.98. The smallest absolute Gasteiger partial charge is 0.0558 e. The number of aliphatic hydroxyl groups excluding tert-OH is 1. The Kier molecular flexibility index (Phi) is 4.44. The van der Waals surface area contributed by atoms with Crippen LogP contribution in [0.25, 0.3) is 0 Å². The van der Waals surface area contributed by atoms with Crippen LogP contribution in [0.2, 0.25) is 0 Å². The lowest BCUT2D eigenvalue weighted by Gasteiger charge is -2.21. The summed E-state index contributed by atoms with van der Waals surface area (Å²) in [6.07, 6.45) is 5.41. The average Bonchev–Trinajstić information content (AvgIpc) is 2.77. The summed E-state index contributed by atoms with van der Waals surface area (Å²) in [4.78, 5) is 6.28. The van der Waals surface area contributed by atoms with E-state index in [1.54, 1.807) is 12.4 Å². The van der Waals surface area contributed by atoms with Crippen molar-refractivity contribution in [2.75, 3.05) is 13.2 Å². The summed E-state index contributed by atoms with van der Waals surface area (Å²) in [6.45, 7) is 2.34. The minimum Gasteiger partial charge on any atom is -0.395 e. The Bertz CT molecular complexity index is 469. The molecule has 5 nitrogen and oxygen atoms in total. The van der Waals surface area contributed by atoms with Crippen LogP contribution in [0.3, 0.4) is 0 Å². The third-order valence-electron chi connectivity index (χ3n) is 2.85. The summed E-state index contributed by atoms with van der Waals surface area (Å²) in [6, 6.07) is 5.96. The number of rotatable bonds is 6. The molecule has 0 fully saturated rings. The quantitative estimate of drug-likeness (QED) is 0.819. The maximum absolute atomic E-state index is 9.13. The molecule has 0 aliphatic carbocycles. The molecule has 2 aromatic heterocycles. The van der Waals surface area contributed by atoms with Crippen molar-refractivity contribution in [1.82, 2.24) is 19.7 Å². The fraction of sp³-hybridized carbons (Fsp3) is 0.385. The first-order chi connectivity index (χ1) is 8.79. The molecule has 0 aromatic carbocycles. The van der Waals surface area contributed by atoms with Gasteiger partial charge in [-0.25, -0.2) is 0 Å². The van der Waals surface area contributed by atoms with Crippen molar-refractivity contribution in [3.63, 3.8) is 0 Å². The maximum atomic E-state index is 9.13. The topological polar surface area (TPSA) is 54.2 Å². The van der Waals surface area contributed by atoms with E-state index in [1.165, 1.54) is 0 Å². The van der Waals surface area contributed by atoms with E-state index in [9.17, 15) is 0 Å². The fourth-order valence-electron chi connectivity index (χ4n) is 1.89. The van der Waals surface area contributed by atoms with Gasteiger partial charge in [-0.05, 0) is 17.7 Å². The van der Waals surface area contributed by atoms with Gasteiger partial charge in [-0.15, -0.1) is 0 Å². The molecule has 0 unspecified atom stereocenters. The molecule has 0 spiro atoms. The standard InChI is InChI=1S/C13H18N4O/c1-16-13(4-6-15-16)11-17(7-8-18)10-12-3-2-5-14-9-12/h2-6,9,18H,7-8,10-11H2,1H3. The van der Waals surface area contributed by atoms with Crippen LogP contribution in [0.1, 0.15) is 11.3 Å². The van der Waals surface area contributed by atoms with Crippen LogP contribution in [0.5, 0.6) is 0 Å². The molecule has 96 valence electrons. The van der Waals surface area contributed by atoms with Gasteiger partial charge in [0.1, 0.15) is 0 Å². The highest BCUT2D eigenvalue weighted by atomic mass is 16.3. The summed E-state index contributed by atoms with van der Waals surface area (Å²) in [7, 11) is 1.93. The second-order valence-corrected chi connectivity index (χ2v) is 4.24. The second-order valence-electron chi connectivity index (χ2n) is 4.24. The Labute approximate surface area is 107 Å². The number of aromatic nitrogens is 3. The predicted molar refractivity (Wildman–Crippen MR) is 68.6 cm³/mol. The van der Waals surface area contributed by atoms with Gasteiger partial charge >= 0.3 is 0 Å². The van der Waals surface area contributed by atoms with E-state index in [0.717, 1.165) is 24.3 Å². The van der Waals surface area contributed by atoms with Gasteiger partial charge in [0.25, 0.3) is 0 Å². The molecule has 0 saturated heterocycles. The van der Waals surface area contributed by atoms with E-state index in [0.29, 0.717) is 6.54 Å². The maximum Gasteiger partial charge on any atom is 0.0558 e. The molecule has 0 amide bonds. The van der Waals surface area contributed by atoms with Crippen LogP contribution >= 0.6 is 0 Å². The van der Waals surface area contributed by atoms with E-state index < -0.39 is 0 Å². The van der Waals surface area contributed by atoms with Crippen molar-refractivity contribution in [1.29, 1.82) is 0 Å². The highest BCUT2D eigenvalue weighted by Crippen LogP contribution is 2.08. The van der Waals surface area contributed by atoms with Crippen LogP contribution in [0.15, 0.2) is 36.8 Å². The molecule has 5 heteroatoms. The van der Waals surface area contributed by atoms with Gasteiger partial charge in [0.2, 0.25) is 0 Å². The van der Waals surface area contributed by atoms with E-state index in [4.69, 9.17) is 5.11 Å². The largest absolute Gasteiger partial charge is 0.395 e. The number of aliphatic hydroxyl groups is 1. The van der Waals surface area contributed by atoms with Crippen LogP contribution < -0.4 is 0 Å². The molecule has 0 aliphatic rings. The lowest BCUT2D eigenvalue weighted by Crippen LogP contribution is -2.27. The third-order valence-corrected chi connectivity index (χ3v) is 2.85. The van der Waals surface area contributed by atoms with Crippen LogP contribution in [-0.4, -0.2) is 37.9 Å². The summed E-state index contributed by atoms with van der Waals surface area (Å²) >= 11 is 0. The first kappa shape index (κ1) is 12.7. The number of hydrogen-bond donors (Lipinski definition) is 1. The fourth-order valence-corrected chi connectivity index (χ4v) is 1.89. The molecule has 0 bridgehead atoms. The van der Waals surface area contributed by atoms with E-state index in [2.05, 4.69) is 15.0 Å². The van der Waals surface area contributed by atoms with Crippen molar-refractivity contribution in [3.8, 4) is 0 Å². The molecule has 0 radical (unpaired) electrons. The molecule has 2 heterocycles. The average molecular weight is 246 g/mol. The van der Waals surface area contributed by atoms with Gasteiger partial charge in [-0.1, -0.05) is 6.07 Å². The minimum atomic E-state index is 0.151. The molecule has 0 aliphatic heterocycles. The van der Waals surface area contributed by atoms with Gasteiger partial charge in [0.05, 0.1) is 12.3 Å². The van der Waals surface area contributed by atoms with Gasteiger partial charge in [-0.2, -0.15) is 5.10 Å². The first-order valence-corrected chi connectivity index (χ1v) is 5.98. The van der Waals surface area contributed by atoms with Crippen LogP contribution in [0, 0.1) is 0 Å². The van der Waals surface area contributed by atoms with E-state index in [1.807, 2.05) is 36.1 Å². The molecular formula is C13H18N4O. The zero-order valence-corrected chi connectivity index (χ0v) is 10.5. The van der Waals surface area contributed by atoms with Crippen molar-refractivity contribution in [2.24, 2.45) is 7.05 Å². The van der Waals surface area contributed by atoms with Crippen molar-refractivity contribution in [2.45, 2.75) is 13.1 Å². The SMILES string of the molecule is Cn1nccc1CN(CCO)Cc1cccnc1. The lowest BCUT2D eigenvalue weighted by molar-refractivity contribution is 0.181. The molecular weight excluding hydrogens is 228 g/mol. The van der Waals surface area contributed by atoms with Gasteiger partial charge in [0.15, 0.2) is 0 Å². The highest BCUT2D eigenvalue weighted by Gasteiger charge is 2.08. The van der Waals surface area contributed by atoms with Crippen LogP contribution in [-0.2, 0) is 20.1 Å². The normalized spacial score (nSPS) is 11.1. The molecule has 2 rings (SSSR count). The molecule has 0 atom stereocenters. The van der Waals surface area contributed by atoms with E-state index >= 15 is 0 Å². The third kappa shape index (κ3) is 3.38. The van der Waals surface area contributed by atoms with Gasteiger partial charge < -0.3 is 5.11 Å². The molecule has 2 aromatic rings. The molecule has 18 heavy (non-hydrogen) atoms. The highest BCUT2D eigenvalue weighted by molar-refractivity contribution is 5.09. The second kappa shape index (κ2) is 6.28. The Morgan fingerprint density at radius 1 is 1.28 bits per heavy atom. The number of aryl methyl sites for hydroxylation is 1. The summed E-state index contributed by atoms with van der Waals surface area (Å²) < 4.78 is 1.85. The monoisotopic (exact) mass is 246 g/mol. The Balaban J connectivity index is 2.02. The number of nitrogens with zero attached hydrogens (tertiary/aromatic N) is 4. The predicted octanol–water partition coefficient (Wildman–Crippen LogP) is 0.810. The molecule has 1 N–H and O–H groups in total. The lowest BCUT2D eigenvalue weighted by atomic mass is 10.2. The van der Waals surface area contributed by atoms with Crippen molar-refractivity contribution in [3.05, 3.63) is 48.0 Å². The van der Waals surface area contributed by atoms with Crippen molar-refractivity contribution < 1.29 is 5.11 Å². The zero-order chi connectivity index (χ0) is 12.8. The van der Waals surface area contributed by atoms with Crippen LogP contribution in [0.4, 0.5) is 0 Å². The Morgan fingerprint density at radius 2 is 2.17 bits per heavy atom. The summed E-state index contributed by atoms with van der Waals surface area (Å²) in [5.41, 5.74) is 2.28. The summed E-state index contributed by atoms with van der Waals surface area (Å²) in [5.74, 6) is 0. The van der Waals surface area contributed by atoms with Crippen molar-refractivity contribution >= 4 is 0 Å². The Morgan fingerprint density at radius 3 is 2.78 bits per heavy atom. The van der Waals surface area contributed by atoms with E-state index in [-0.39, 0.29) is 6.61 Å². The summed E-state index contributed by atoms with van der Waals surface area (Å²) in [5, 5.41) is 13.3. The minimum absolute atomic E-state index is 0.151. The van der Waals surface area contributed by atoms with Gasteiger partial charge in [0, 0.05) is 45.3 Å². The Hall–Kier alpha value is -1.72. The number of hydrogen-bond acceptors (Lipinski definition) is 4.